The molecule has 2 rings (SSSR count). The van der Waals surface area contributed by atoms with Gasteiger partial charge in [0.1, 0.15) is 0 Å². The summed E-state index contributed by atoms with van der Waals surface area (Å²) in [5.41, 5.74) is 0. The highest BCUT2D eigenvalue weighted by atomic mass is 15.3. The highest BCUT2D eigenvalue weighted by molar-refractivity contribution is 4.87. The van der Waals surface area contributed by atoms with Gasteiger partial charge >= 0.3 is 0 Å². The average molecular weight is 264 g/mol. The van der Waals surface area contributed by atoms with Crippen molar-refractivity contribution in [2.45, 2.75) is 52.2 Å². The van der Waals surface area contributed by atoms with E-state index in [0.29, 0.717) is 18.0 Å². The minimum atomic E-state index is 0.630. The van der Waals surface area contributed by atoms with Crippen molar-refractivity contribution in [3.63, 3.8) is 0 Å². The van der Waals surface area contributed by atoms with Crippen molar-refractivity contribution in [1.29, 1.82) is 0 Å². The number of nitrogens with zero attached hydrogens (tertiary/aromatic N) is 3. The van der Waals surface area contributed by atoms with Crippen molar-refractivity contribution in [2.75, 3.05) is 19.6 Å². The summed E-state index contributed by atoms with van der Waals surface area (Å²) in [6.45, 7) is 11.3. The topological polar surface area (TPSA) is 33.1 Å². The maximum absolute atomic E-state index is 4.30. The summed E-state index contributed by atoms with van der Waals surface area (Å²) in [7, 11) is 0. The minimum Gasteiger partial charge on any atom is -0.311 e. The van der Waals surface area contributed by atoms with E-state index in [0.717, 1.165) is 19.6 Å². The summed E-state index contributed by atoms with van der Waals surface area (Å²) < 4.78 is 2.04. The number of hydrogen-bond acceptors (Lipinski definition) is 3. The zero-order valence-corrected chi connectivity index (χ0v) is 12.5. The maximum Gasteiger partial charge on any atom is 0.0536 e. The molecule has 2 heterocycles. The Morgan fingerprint density at radius 2 is 2.21 bits per heavy atom. The van der Waals surface area contributed by atoms with Gasteiger partial charge in [0.05, 0.1) is 6.54 Å². The van der Waals surface area contributed by atoms with Crippen molar-refractivity contribution in [3.05, 3.63) is 18.5 Å². The molecule has 1 aliphatic heterocycles. The van der Waals surface area contributed by atoms with E-state index in [1.54, 1.807) is 0 Å². The second-order valence-electron chi connectivity index (χ2n) is 5.97. The molecule has 4 nitrogen and oxygen atoms in total. The van der Waals surface area contributed by atoms with Gasteiger partial charge in [-0.2, -0.15) is 5.10 Å². The summed E-state index contributed by atoms with van der Waals surface area (Å²) in [6.07, 6.45) is 6.46. The van der Waals surface area contributed by atoms with Crippen LogP contribution >= 0.6 is 0 Å². The van der Waals surface area contributed by atoms with Gasteiger partial charge in [0.25, 0.3) is 0 Å². The number of piperazine rings is 1. The van der Waals surface area contributed by atoms with E-state index in [9.17, 15) is 0 Å². The molecule has 0 aromatic carbocycles. The predicted octanol–water partition coefficient (Wildman–Crippen LogP) is 1.98. The smallest absolute Gasteiger partial charge is 0.0536 e. The number of hydrogen-bond donors (Lipinski definition) is 1. The molecule has 0 bridgehead atoms. The Bertz CT molecular complexity index is 347. The van der Waals surface area contributed by atoms with Crippen LogP contribution in [0.4, 0.5) is 0 Å². The van der Waals surface area contributed by atoms with Gasteiger partial charge in [-0.05, 0) is 18.4 Å². The molecule has 0 amide bonds. The van der Waals surface area contributed by atoms with Gasteiger partial charge < -0.3 is 5.32 Å². The van der Waals surface area contributed by atoms with Crippen LogP contribution in [0.15, 0.2) is 18.5 Å². The molecule has 108 valence electrons. The van der Waals surface area contributed by atoms with E-state index in [1.165, 1.54) is 19.4 Å². The first-order valence-corrected chi connectivity index (χ1v) is 7.65. The average Bonchev–Trinajstić information content (AvgIpc) is 2.90. The van der Waals surface area contributed by atoms with Crippen LogP contribution < -0.4 is 5.32 Å². The summed E-state index contributed by atoms with van der Waals surface area (Å²) in [4.78, 5) is 2.66. The Labute approximate surface area is 117 Å². The van der Waals surface area contributed by atoms with Crippen LogP contribution in [0.3, 0.4) is 0 Å². The van der Waals surface area contributed by atoms with Crippen molar-refractivity contribution in [1.82, 2.24) is 20.0 Å². The lowest BCUT2D eigenvalue weighted by Crippen LogP contribution is -2.58. The Balaban J connectivity index is 1.90. The molecular weight excluding hydrogens is 236 g/mol. The van der Waals surface area contributed by atoms with Crippen molar-refractivity contribution in [2.24, 2.45) is 5.92 Å². The monoisotopic (exact) mass is 264 g/mol. The largest absolute Gasteiger partial charge is 0.311 e. The van der Waals surface area contributed by atoms with Crippen LogP contribution in [0.2, 0.25) is 0 Å². The Morgan fingerprint density at radius 3 is 2.84 bits per heavy atom. The zero-order valence-electron chi connectivity index (χ0n) is 12.5. The van der Waals surface area contributed by atoms with Crippen molar-refractivity contribution >= 4 is 0 Å². The summed E-state index contributed by atoms with van der Waals surface area (Å²) >= 11 is 0. The van der Waals surface area contributed by atoms with Crippen LogP contribution in [-0.4, -0.2) is 46.4 Å². The zero-order chi connectivity index (χ0) is 13.7. The fourth-order valence-electron chi connectivity index (χ4n) is 2.88. The van der Waals surface area contributed by atoms with Crippen LogP contribution in [0.5, 0.6) is 0 Å². The Kier molecular flexibility index (Phi) is 5.40. The second-order valence-corrected chi connectivity index (χ2v) is 5.97. The number of nitrogens with one attached hydrogen (secondary N) is 1. The van der Waals surface area contributed by atoms with E-state index in [4.69, 9.17) is 0 Å². The highest BCUT2D eigenvalue weighted by Crippen LogP contribution is 2.16. The van der Waals surface area contributed by atoms with Crippen LogP contribution in [0.25, 0.3) is 0 Å². The lowest BCUT2D eigenvalue weighted by molar-refractivity contribution is 0.102. The lowest BCUT2D eigenvalue weighted by Gasteiger charge is -2.42. The van der Waals surface area contributed by atoms with Gasteiger partial charge in [-0.25, -0.2) is 0 Å². The van der Waals surface area contributed by atoms with E-state index in [-0.39, 0.29) is 0 Å². The molecule has 0 aliphatic carbocycles. The molecule has 1 aromatic rings. The molecule has 2 atom stereocenters. The highest BCUT2D eigenvalue weighted by Gasteiger charge is 2.28. The molecule has 0 saturated carbocycles. The minimum absolute atomic E-state index is 0.630. The third-order valence-corrected chi connectivity index (χ3v) is 4.17. The van der Waals surface area contributed by atoms with Gasteiger partial charge in [0, 0.05) is 44.1 Å². The molecule has 1 fully saturated rings. The summed E-state index contributed by atoms with van der Waals surface area (Å²) in [6, 6.07) is 3.32. The maximum atomic E-state index is 4.30. The van der Waals surface area contributed by atoms with E-state index in [2.05, 4.69) is 42.3 Å². The molecule has 2 unspecified atom stereocenters. The summed E-state index contributed by atoms with van der Waals surface area (Å²) in [5, 5.41) is 8.01. The van der Waals surface area contributed by atoms with Gasteiger partial charge in [0.2, 0.25) is 0 Å². The van der Waals surface area contributed by atoms with Crippen LogP contribution in [0.1, 0.15) is 33.6 Å². The third kappa shape index (κ3) is 4.05. The van der Waals surface area contributed by atoms with E-state index < -0.39 is 0 Å². The fraction of sp³-hybridized carbons (Fsp3) is 0.800. The molecule has 1 N–H and O–H groups in total. The van der Waals surface area contributed by atoms with Gasteiger partial charge in [-0.3, -0.25) is 9.58 Å². The van der Waals surface area contributed by atoms with Gasteiger partial charge in [-0.15, -0.1) is 0 Å². The first kappa shape index (κ1) is 14.5. The Morgan fingerprint density at radius 1 is 1.37 bits per heavy atom. The van der Waals surface area contributed by atoms with Crippen LogP contribution in [-0.2, 0) is 6.54 Å². The van der Waals surface area contributed by atoms with E-state index >= 15 is 0 Å². The first-order valence-electron chi connectivity index (χ1n) is 7.65. The molecule has 4 heteroatoms. The molecule has 0 radical (unpaired) electrons. The SMILES string of the molecule is CCCC1CNC(C(C)C)CN1CCn1cccn1. The Hall–Kier alpha value is -0.870. The molecular formula is C15H28N4. The van der Waals surface area contributed by atoms with E-state index in [1.807, 2.05) is 16.9 Å². The molecule has 19 heavy (non-hydrogen) atoms. The van der Waals surface area contributed by atoms with Gasteiger partial charge in [0.15, 0.2) is 0 Å². The fourth-order valence-corrected chi connectivity index (χ4v) is 2.88. The number of rotatable bonds is 6. The van der Waals surface area contributed by atoms with Crippen molar-refractivity contribution in [3.8, 4) is 0 Å². The van der Waals surface area contributed by atoms with Gasteiger partial charge in [-0.1, -0.05) is 27.2 Å². The second kappa shape index (κ2) is 7.06. The molecule has 0 spiro atoms. The number of aromatic nitrogens is 2. The molecule has 1 aliphatic rings. The standard InChI is InChI=1S/C15H28N4/c1-4-6-14-11-16-15(13(2)3)12-18(14)9-10-19-8-5-7-17-19/h5,7-8,13-16H,4,6,9-12H2,1-3H3. The van der Waals surface area contributed by atoms with Crippen LogP contribution in [0, 0.1) is 5.92 Å². The quantitative estimate of drug-likeness (QED) is 0.853. The first-order chi connectivity index (χ1) is 9.20. The lowest BCUT2D eigenvalue weighted by atomic mass is 9.97. The van der Waals surface area contributed by atoms with Crippen molar-refractivity contribution < 1.29 is 0 Å². The molecule has 1 saturated heterocycles. The molecule has 1 aromatic heterocycles. The normalized spacial score (nSPS) is 25.1. The summed E-state index contributed by atoms with van der Waals surface area (Å²) in [5.74, 6) is 0.703. The predicted molar refractivity (Wildman–Crippen MR) is 79.1 cm³/mol. The third-order valence-electron chi connectivity index (χ3n) is 4.17.